The average molecular weight is 728 g/mol. The maximum Gasteiger partial charge on any atom is 0.417 e. The van der Waals surface area contributed by atoms with Gasteiger partial charge in [-0.3, -0.25) is 14.8 Å². The number of hydrogen-bond acceptors (Lipinski definition) is 11. The van der Waals surface area contributed by atoms with Crippen molar-refractivity contribution in [2.75, 3.05) is 36.9 Å². The van der Waals surface area contributed by atoms with Crippen molar-refractivity contribution in [3.63, 3.8) is 0 Å². The molecule has 4 aromatic heterocycles. The third-order valence-corrected chi connectivity index (χ3v) is 10.2. The van der Waals surface area contributed by atoms with E-state index in [1.807, 2.05) is 6.92 Å². The number of fused-ring (bicyclic) bond motifs is 2. The number of carboxylic acid groups (broad SMARTS) is 1. The van der Waals surface area contributed by atoms with Crippen LogP contribution in [0.4, 0.5) is 33.6 Å². The number of nitrogens with one attached hydrogen (secondary N) is 1. The zero-order valence-corrected chi connectivity index (χ0v) is 28.3. The van der Waals surface area contributed by atoms with E-state index < -0.39 is 46.7 Å². The van der Waals surface area contributed by atoms with Gasteiger partial charge in [0, 0.05) is 23.1 Å². The first-order valence-corrected chi connectivity index (χ1v) is 16.5. The van der Waals surface area contributed by atoms with E-state index in [1.165, 1.54) is 25.3 Å². The van der Waals surface area contributed by atoms with Crippen molar-refractivity contribution >= 4 is 39.9 Å². The standard InChI is InChI=1S/C33H32F5N9O2.CH2O2/c1-15-9-21-20(12-41-45-21)22(24(15)33(36,37)38)26-25(35)27-23-29(44-31(43-27)49-14-32-5-4-7-46(32)8-6-32)47(16(2)13-48-30(23)42-26)17(3)19-10-18(34)11-40-28(19)39;2-1-3/h9-12,16-17H,4-8,13-14H2,1-3H3,(H2,39,40)(H,41,45);1H,(H,2,3)/t16-,17+,32?;/m0./s1. The van der Waals surface area contributed by atoms with E-state index in [1.54, 1.807) is 11.8 Å². The Morgan fingerprint density at radius 1 is 1.19 bits per heavy atom. The van der Waals surface area contributed by atoms with Crippen LogP contribution in [0.5, 0.6) is 11.9 Å². The molecule has 8 rings (SSSR count). The van der Waals surface area contributed by atoms with Crippen molar-refractivity contribution in [3.8, 4) is 23.1 Å². The minimum atomic E-state index is -4.86. The highest BCUT2D eigenvalue weighted by molar-refractivity contribution is 6.02. The van der Waals surface area contributed by atoms with Crippen LogP contribution in [0.15, 0.2) is 24.5 Å². The van der Waals surface area contributed by atoms with Crippen LogP contribution in [0, 0.1) is 18.6 Å². The van der Waals surface area contributed by atoms with Crippen LogP contribution in [-0.2, 0) is 11.0 Å². The summed E-state index contributed by atoms with van der Waals surface area (Å²) in [6.07, 6.45) is 0.224. The molecule has 52 heavy (non-hydrogen) atoms. The maximum atomic E-state index is 17.1. The number of pyridine rings is 2. The smallest absolute Gasteiger partial charge is 0.417 e. The number of carbonyl (C=O) groups is 1. The molecular weight excluding hydrogens is 693 g/mol. The van der Waals surface area contributed by atoms with Crippen LogP contribution < -0.4 is 20.1 Å². The molecule has 0 radical (unpaired) electrons. The van der Waals surface area contributed by atoms with Crippen molar-refractivity contribution < 1.29 is 41.3 Å². The highest BCUT2D eigenvalue weighted by atomic mass is 19.4. The van der Waals surface area contributed by atoms with Crippen molar-refractivity contribution in [1.82, 2.24) is 35.0 Å². The van der Waals surface area contributed by atoms with Crippen molar-refractivity contribution in [1.29, 1.82) is 0 Å². The van der Waals surface area contributed by atoms with E-state index in [4.69, 9.17) is 30.1 Å². The molecule has 1 aromatic carbocycles. The van der Waals surface area contributed by atoms with Crippen LogP contribution in [0.2, 0.25) is 0 Å². The molecule has 1 unspecified atom stereocenters. The first kappa shape index (κ1) is 35.0. The van der Waals surface area contributed by atoms with E-state index in [9.17, 15) is 17.6 Å². The normalized spacial score (nSPS) is 20.4. The summed E-state index contributed by atoms with van der Waals surface area (Å²) in [6.45, 7) is 6.74. The Morgan fingerprint density at radius 3 is 2.65 bits per heavy atom. The molecule has 0 aliphatic carbocycles. The van der Waals surface area contributed by atoms with Gasteiger partial charge < -0.3 is 25.2 Å². The van der Waals surface area contributed by atoms with Crippen LogP contribution in [-0.4, -0.2) is 84.5 Å². The molecule has 13 nitrogen and oxygen atoms in total. The summed E-state index contributed by atoms with van der Waals surface area (Å²) in [5, 5.41) is 13.6. The molecule has 0 saturated carbocycles. The molecule has 4 N–H and O–H groups in total. The second kappa shape index (κ2) is 13.0. The van der Waals surface area contributed by atoms with E-state index >= 15 is 4.39 Å². The number of hydrogen-bond donors (Lipinski definition) is 3. The lowest BCUT2D eigenvalue weighted by atomic mass is 9.86. The number of nitrogens with two attached hydrogens (primary N) is 1. The molecule has 3 atom stereocenters. The highest BCUT2D eigenvalue weighted by Gasteiger charge is 2.49. The fourth-order valence-corrected chi connectivity index (χ4v) is 7.72. The minimum absolute atomic E-state index is 0.0263. The number of alkyl halides is 3. The highest BCUT2D eigenvalue weighted by Crippen LogP contribution is 2.48. The predicted octanol–water partition coefficient (Wildman–Crippen LogP) is 5.82. The number of nitrogen functional groups attached to an aromatic ring is 1. The largest absolute Gasteiger partial charge is 0.483 e. The number of benzene rings is 1. The van der Waals surface area contributed by atoms with Crippen LogP contribution in [0.25, 0.3) is 33.1 Å². The molecular formula is C34H34F5N9O4. The van der Waals surface area contributed by atoms with E-state index in [2.05, 4.69) is 30.0 Å². The van der Waals surface area contributed by atoms with Gasteiger partial charge in [0.15, 0.2) is 5.82 Å². The molecule has 3 aliphatic heterocycles. The average Bonchev–Trinajstić information content (AvgIpc) is 3.63. The van der Waals surface area contributed by atoms with E-state index in [-0.39, 0.29) is 76.1 Å². The van der Waals surface area contributed by atoms with Gasteiger partial charge in [-0.15, -0.1) is 0 Å². The number of H-pyrrole nitrogens is 1. The Labute approximate surface area is 293 Å². The Morgan fingerprint density at radius 2 is 1.96 bits per heavy atom. The van der Waals surface area contributed by atoms with Gasteiger partial charge in [0.25, 0.3) is 6.47 Å². The Kier molecular flexibility index (Phi) is 8.75. The summed E-state index contributed by atoms with van der Waals surface area (Å²) in [4.78, 5) is 30.1. The predicted molar refractivity (Wildman–Crippen MR) is 179 cm³/mol. The molecule has 274 valence electrons. The van der Waals surface area contributed by atoms with Crippen molar-refractivity contribution in [3.05, 3.63) is 52.9 Å². The Hall–Kier alpha value is -5.39. The van der Waals surface area contributed by atoms with Crippen molar-refractivity contribution in [2.45, 2.75) is 63.8 Å². The number of nitrogens with zero attached hydrogens (tertiary/aromatic N) is 7. The number of anilines is 2. The minimum Gasteiger partial charge on any atom is -0.483 e. The quantitative estimate of drug-likeness (QED) is 0.142. The summed E-state index contributed by atoms with van der Waals surface area (Å²) >= 11 is 0. The summed E-state index contributed by atoms with van der Waals surface area (Å²) in [5.74, 6) is -1.65. The summed E-state index contributed by atoms with van der Waals surface area (Å²) in [6, 6.07) is 1.25. The lowest BCUT2D eigenvalue weighted by molar-refractivity contribution is -0.137. The fraction of sp³-hybridized carbons (Fsp3) is 0.412. The number of aromatic nitrogens is 6. The monoisotopic (exact) mass is 727 g/mol. The molecule has 18 heteroatoms. The first-order valence-electron chi connectivity index (χ1n) is 16.5. The summed E-state index contributed by atoms with van der Waals surface area (Å²) in [5.41, 5.74) is 4.01. The molecule has 0 amide bonds. The third-order valence-electron chi connectivity index (χ3n) is 10.2. The number of rotatable bonds is 6. The van der Waals surface area contributed by atoms with E-state index in [0.717, 1.165) is 38.5 Å². The van der Waals surface area contributed by atoms with Crippen molar-refractivity contribution in [2.24, 2.45) is 0 Å². The Bertz CT molecular complexity index is 2200. The molecule has 7 heterocycles. The SMILES string of the molecule is Cc1cc2[nH]ncc2c(-c2nc3c4c(nc(OCC56CCCN5CC6)nc4c2F)N([C@H](C)c2cc(F)cnc2N)[C@@H](C)CO3)c1C(F)(F)F.O=CO. The molecule has 2 saturated heterocycles. The molecule has 0 bridgehead atoms. The molecule has 0 spiro atoms. The van der Waals surface area contributed by atoms with Gasteiger partial charge >= 0.3 is 12.2 Å². The number of ether oxygens (including phenoxy) is 2. The van der Waals surface area contributed by atoms with Crippen LogP contribution in [0.1, 0.15) is 55.8 Å². The lowest BCUT2D eigenvalue weighted by Crippen LogP contribution is -2.59. The van der Waals surface area contributed by atoms with Gasteiger partial charge in [-0.2, -0.15) is 28.2 Å². The number of halogens is 5. The zero-order chi connectivity index (χ0) is 37.1. The number of aromatic amines is 1. The lowest BCUT2D eigenvalue weighted by Gasteiger charge is -2.47. The zero-order valence-electron chi connectivity index (χ0n) is 28.3. The third kappa shape index (κ3) is 5.74. The first-order chi connectivity index (χ1) is 24.8. The van der Waals surface area contributed by atoms with Gasteiger partial charge in [-0.1, -0.05) is 0 Å². The van der Waals surface area contributed by atoms with Gasteiger partial charge in [0.05, 0.1) is 41.1 Å². The van der Waals surface area contributed by atoms with Gasteiger partial charge in [0.1, 0.15) is 47.3 Å². The van der Waals surface area contributed by atoms with E-state index in [0.29, 0.717) is 5.56 Å². The second-order valence-electron chi connectivity index (χ2n) is 13.2. The van der Waals surface area contributed by atoms with Gasteiger partial charge in [-0.25, -0.2) is 18.7 Å². The summed E-state index contributed by atoms with van der Waals surface area (Å²) < 4.78 is 88.0. The second-order valence-corrected chi connectivity index (χ2v) is 13.2. The molecule has 3 aliphatic rings. The maximum absolute atomic E-state index is 17.1. The van der Waals surface area contributed by atoms with Gasteiger partial charge in [0.2, 0.25) is 5.88 Å². The summed E-state index contributed by atoms with van der Waals surface area (Å²) in [7, 11) is 0. The van der Waals surface area contributed by atoms with Crippen LogP contribution >= 0.6 is 0 Å². The Balaban J connectivity index is 0.00000136. The molecule has 2 fully saturated rings. The topological polar surface area (TPSA) is 168 Å². The fourth-order valence-electron chi connectivity index (χ4n) is 7.72. The molecule has 5 aromatic rings. The number of aryl methyl sites for hydroxylation is 1. The van der Waals surface area contributed by atoms with Gasteiger partial charge in [-0.05, 0) is 64.3 Å². The van der Waals surface area contributed by atoms with Crippen LogP contribution in [0.3, 0.4) is 0 Å².